The number of amides is 1. The maximum absolute atomic E-state index is 12.2. The molecule has 0 unspecified atom stereocenters. The molecule has 0 radical (unpaired) electrons. The van der Waals surface area contributed by atoms with Crippen molar-refractivity contribution >= 4 is 16.8 Å². The molecular formula is C16H19F3N4O2. The van der Waals surface area contributed by atoms with Crippen LogP contribution in [-0.2, 0) is 11.3 Å². The summed E-state index contributed by atoms with van der Waals surface area (Å²) in [5, 5.41) is 11.0. The van der Waals surface area contributed by atoms with Gasteiger partial charge in [-0.05, 0) is 24.6 Å². The van der Waals surface area contributed by atoms with E-state index in [0.29, 0.717) is 11.5 Å². The molecule has 2 N–H and O–H groups in total. The van der Waals surface area contributed by atoms with Crippen LogP contribution in [-0.4, -0.2) is 48.3 Å². The molecule has 0 spiro atoms. The third-order valence-corrected chi connectivity index (χ3v) is 4.22. The Morgan fingerprint density at radius 3 is 2.84 bits per heavy atom. The highest BCUT2D eigenvalue weighted by Crippen LogP contribution is 2.22. The molecule has 6 nitrogen and oxygen atoms in total. The lowest BCUT2D eigenvalue weighted by Crippen LogP contribution is -2.44. The molecule has 136 valence electrons. The quantitative estimate of drug-likeness (QED) is 0.775. The van der Waals surface area contributed by atoms with Crippen LogP contribution in [0.15, 0.2) is 18.3 Å². The lowest BCUT2D eigenvalue weighted by molar-refractivity contribution is -0.323. The highest BCUT2D eigenvalue weighted by Gasteiger charge is 2.28. The van der Waals surface area contributed by atoms with E-state index in [9.17, 15) is 18.0 Å². The number of fused-ring (bicyclic) bond motifs is 1. The number of nitrogens with one attached hydrogen (secondary N) is 2. The van der Waals surface area contributed by atoms with Gasteiger partial charge in [-0.25, -0.2) is 0 Å². The number of rotatable bonds is 6. The normalized spacial score (nSPS) is 15.4. The number of hydrogen-bond donors (Lipinski definition) is 2. The summed E-state index contributed by atoms with van der Waals surface area (Å²) in [6.07, 6.45) is -2.78. The van der Waals surface area contributed by atoms with Crippen LogP contribution in [0.25, 0.3) is 10.9 Å². The zero-order chi connectivity index (χ0) is 18.0. The third-order valence-electron chi connectivity index (χ3n) is 4.22. The van der Waals surface area contributed by atoms with E-state index < -0.39 is 18.9 Å². The lowest BCUT2D eigenvalue weighted by Gasteiger charge is -2.26. The van der Waals surface area contributed by atoms with Crippen molar-refractivity contribution in [1.29, 1.82) is 0 Å². The van der Waals surface area contributed by atoms with Crippen LogP contribution in [0.5, 0.6) is 0 Å². The Balaban J connectivity index is 1.66. The van der Waals surface area contributed by atoms with E-state index in [2.05, 4.69) is 20.5 Å². The van der Waals surface area contributed by atoms with Crippen molar-refractivity contribution < 1.29 is 22.7 Å². The summed E-state index contributed by atoms with van der Waals surface area (Å²) in [4.78, 5) is 12.2. The molecule has 0 bridgehead atoms. The van der Waals surface area contributed by atoms with Crippen molar-refractivity contribution in [3.8, 4) is 0 Å². The molecule has 1 fully saturated rings. The van der Waals surface area contributed by atoms with Crippen molar-refractivity contribution in [1.82, 2.24) is 20.4 Å². The molecular weight excluding hydrogens is 337 g/mol. The highest BCUT2D eigenvalue weighted by atomic mass is 19.4. The summed E-state index contributed by atoms with van der Waals surface area (Å²) in [6.45, 7) is 3.73. The maximum atomic E-state index is 12.2. The molecule has 3 rings (SSSR count). The molecule has 1 aliphatic rings. The smallest absolute Gasteiger partial charge is 0.350 e. The zero-order valence-corrected chi connectivity index (χ0v) is 13.7. The fourth-order valence-electron chi connectivity index (χ4n) is 2.79. The Hall–Kier alpha value is -2.13. The first-order chi connectivity index (χ1) is 11.8. The van der Waals surface area contributed by atoms with Crippen molar-refractivity contribution in [2.24, 2.45) is 5.92 Å². The highest BCUT2D eigenvalue weighted by molar-refractivity contribution is 6.00. The first kappa shape index (κ1) is 17.7. The van der Waals surface area contributed by atoms with Crippen molar-refractivity contribution in [3.63, 3.8) is 0 Å². The van der Waals surface area contributed by atoms with Gasteiger partial charge in [0.2, 0.25) is 0 Å². The van der Waals surface area contributed by atoms with Crippen LogP contribution in [0.2, 0.25) is 0 Å². The summed E-state index contributed by atoms with van der Waals surface area (Å²) < 4.78 is 41.3. The Kier molecular flexibility index (Phi) is 4.96. The van der Waals surface area contributed by atoms with Gasteiger partial charge in [0, 0.05) is 49.2 Å². The first-order valence-corrected chi connectivity index (χ1v) is 8.00. The fourth-order valence-corrected chi connectivity index (χ4v) is 2.79. The molecule has 1 aromatic heterocycles. The number of benzene rings is 1. The van der Waals surface area contributed by atoms with E-state index in [4.69, 9.17) is 0 Å². The van der Waals surface area contributed by atoms with Gasteiger partial charge < -0.3 is 10.6 Å². The average Bonchev–Trinajstić information content (AvgIpc) is 2.90. The molecule has 0 aliphatic carbocycles. The second-order valence-corrected chi connectivity index (χ2v) is 6.10. The van der Waals surface area contributed by atoms with Gasteiger partial charge in [0.1, 0.15) is 0 Å². The van der Waals surface area contributed by atoms with Gasteiger partial charge in [-0.15, -0.1) is 13.2 Å². The van der Waals surface area contributed by atoms with Crippen molar-refractivity contribution in [2.45, 2.75) is 19.8 Å². The van der Waals surface area contributed by atoms with Crippen LogP contribution in [0.1, 0.15) is 15.9 Å². The SMILES string of the molecule is Cc1c(C(=O)NCCOC(F)(F)F)ccc2nn(CC3CNC3)cc12. The average molecular weight is 356 g/mol. The Bertz CT molecular complexity index is 769. The number of carbonyl (C=O) groups is 1. The molecule has 1 aromatic carbocycles. The van der Waals surface area contributed by atoms with E-state index >= 15 is 0 Å². The second kappa shape index (κ2) is 7.01. The second-order valence-electron chi connectivity index (χ2n) is 6.10. The van der Waals surface area contributed by atoms with Gasteiger partial charge in [-0.3, -0.25) is 14.2 Å². The van der Waals surface area contributed by atoms with E-state index in [1.165, 1.54) is 0 Å². The molecule has 1 saturated heterocycles. The monoisotopic (exact) mass is 356 g/mol. The van der Waals surface area contributed by atoms with Crippen LogP contribution >= 0.6 is 0 Å². The summed E-state index contributed by atoms with van der Waals surface area (Å²) in [5.41, 5.74) is 1.97. The molecule has 0 atom stereocenters. The number of halogens is 3. The van der Waals surface area contributed by atoms with E-state index in [1.807, 2.05) is 10.9 Å². The predicted octanol–water partition coefficient (Wildman–Crippen LogP) is 1.83. The number of hydrogen-bond acceptors (Lipinski definition) is 4. The molecule has 2 aromatic rings. The number of nitrogens with zero attached hydrogens (tertiary/aromatic N) is 2. The van der Waals surface area contributed by atoms with Gasteiger partial charge in [0.25, 0.3) is 5.91 Å². The van der Waals surface area contributed by atoms with E-state index in [1.54, 1.807) is 19.1 Å². The van der Waals surface area contributed by atoms with Gasteiger partial charge in [-0.1, -0.05) is 0 Å². The number of aryl methyl sites for hydroxylation is 1. The van der Waals surface area contributed by atoms with E-state index in [-0.39, 0.29) is 6.54 Å². The zero-order valence-electron chi connectivity index (χ0n) is 13.7. The van der Waals surface area contributed by atoms with Crippen molar-refractivity contribution in [2.75, 3.05) is 26.2 Å². The van der Waals surface area contributed by atoms with E-state index in [0.717, 1.165) is 36.1 Å². The number of ether oxygens (including phenoxy) is 1. The predicted molar refractivity (Wildman–Crippen MR) is 85.2 cm³/mol. The van der Waals surface area contributed by atoms with Crippen molar-refractivity contribution in [3.05, 3.63) is 29.5 Å². The van der Waals surface area contributed by atoms with Crippen LogP contribution in [0, 0.1) is 12.8 Å². The topological polar surface area (TPSA) is 68.2 Å². The summed E-state index contributed by atoms with van der Waals surface area (Å²) in [7, 11) is 0. The minimum Gasteiger partial charge on any atom is -0.350 e. The van der Waals surface area contributed by atoms with Gasteiger partial charge in [-0.2, -0.15) is 5.10 Å². The first-order valence-electron chi connectivity index (χ1n) is 8.00. The standard InChI is InChI=1S/C16H19F3N4O2/c1-10-12(15(24)21-4-5-25-16(17,18)19)2-3-14-13(10)9-23(22-14)8-11-6-20-7-11/h2-3,9,11,20H,4-8H2,1H3,(H,21,24). The van der Waals surface area contributed by atoms with Gasteiger partial charge in [0.15, 0.2) is 0 Å². The minimum atomic E-state index is -4.69. The summed E-state index contributed by atoms with van der Waals surface area (Å²) >= 11 is 0. The Morgan fingerprint density at radius 1 is 1.44 bits per heavy atom. The molecule has 25 heavy (non-hydrogen) atoms. The summed E-state index contributed by atoms with van der Waals surface area (Å²) in [6, 6.07) is 3.39. The molecule has 0 saturated carbocycles. The minimum absolute atomic E-state index is 0.218. The number of aromatic nitrogens is 2. The maximum Gasteiger partial charge on any atom is 0.522 e. The fraction of sp³-hybridized carbons (Fsp3) is 0.500. The molecule has 1 amide bonds. The molecule has 9 heteroatoms. The lowest BCUT2D eigenvalue weighted by atomic mass is 10.0. The van der Waals surface area contributed by atoms with Crippen LogP contribution in [0.4, 0.5) is 13.2 Å². The number of alkyl halides is 3. The van der Waals surface area contributed by atoms with Gasteiger partial charge in [0.05, 0.1) is 12.1 Å². The molecule has 2 heterocycles. The molecule has 1 aliphatic heterocycles. The third kappa shape index (κ3) is 4.29. The largest absolute Gasteiger partial charge is 0.522 e. The summed E-state index contributed by atoms with van der Waals surface area (Å²) in [5.74, 6) is 0.132. The Morgan fingerprint density at radius 2 is 2.20 bits per heavy atom. The van der Waals surface area contributed by atoms with Crippen LogP contribution < -0.4 is 10.6 Å². The van der Waals surface area contributed by atoms with Gasteiger partial charge >= 0.3 is 6.36 Å². The number of carbonyl (C=O) groups excluding carboxylic acids is 1. The Labute approximate surface area is 142 Å². The van der Waals surface area contributed by atoms with Crippen LogP contribution in [0.3, 0.4) is 0 Å².